The van der Waals surface area contributed by atoms with E-state index in [-0.39, 0.29) is 5.91 Å². The maximum atomic E-state index is 11.5. The van der Waals surface area contributed by atoms with Crippen LogP contribution in [-0.2, 0) is 4.79 Å². The lowest BCUT2D eigenvalue weighted by Crippen LogP contribution is -2.26. The predicted molar refractivity (Wildman–Crippen MR) is 81.3 cm³/mol. The van der Waals surface area contributed by atoms with Crippen molar-refractivity contribution in [1.82, 2.24) is 5.32 Å². The molecule has 1 atom stereocenters. The molecule has 3 nitrogen and oxygen atoms in total. The van der Waals surface area contributed by atoms with E-state index in [4.69, 9.17) is 0 Å². The Balaban J connectivity index is 2.11. The fourth-order valence-corrected chi connectivity index (χ4v) is 2.51. The zero-order chi connectivity index (χ0) is 13.9. The van der Waals surface area contributed by atoms with Crippen molar-refractivity contribution in [3.8, 4) is 0 Å². The number of unbranched alkanes of at least 4 members (excludes halogenated alkanes) is 2. The van der Waals surface area contributed by atoms with Crippen LogP contribution in [0.25, 0.3) is 0 Å². The van der Waals surface area contributed by atoms with Gasteiger partial charge in [-0.2, -0.15) is 0 Å². The van der Waals surface area contributed by atoms with Gasteiger partial charge in [0.15, 0.2) is 0 Å². The first-order valence-corrected chi connectivity index (χ1v) is 7.97. The van der Waals surface area contributed by atoms with Gasteiger partial charge in [-0.3, -0.25) is 4.79 Å². The zero-order valence-electron chi connectivity index (χ0n) is 11.5. The monoisotopic (exact) mass is 281 g/mol. The Hall–Kier alpha value is -1.00. The molecule has 1 aromatic rings. The average Bonchev–Trinajstić information content (AvgIpc) is 2.44. The molecule has 0 aromatic heterocycles. The Labute approximate surface area is 119 Å². The standard InChI is InChI=1S/C15H23NO2S/c1-2-3-7-10-16-15(18)12-19-11-14(17)13-8-5-4-6-9-13/h4-6,8-9,14,17H,2-3,7,10-12H2,1H3,(H,16,18). The summed E-state index contributed by atoms with van der Waals surface area (Å²) in [5.41, 5.74) is 0.901. The summed E-state index contributed by atoms with van der Waals surface area (Å²) in [4.78, 5) is 11.5. The van der Waals surface area contributed by atoms with Gasteiger partial charge in [-0.05, 0) is 12.0 Å². The first kappa shape index (κ1) is 16.1. The Bertz CT molecular complexity index is 356. The second-order valence-corrected chi connectivity index (χ2v) is 5.53. The van der Waals surface area contributed by atoms with E-state index >= 15 is 0 Å². The normalized spacial score (nSPS) is 12.1. The molecular weight excluding hydrogens is 258 g/mol. The van der Waals surface area contributed by atoms with Crippen LogP contribution < -0.4 is 5.32 Å². The lowest BCUT2D eigenvalue weighted by atomic mass is 10.1. The van der Waals surface area contributed by atoms with Crippen LogP contribution in [0.2, 0.25) is 0 Å². The third-order valence-corrected chi connectivity index (χ3v) is 3.81. The van der Waals surface area contributed by atoms with E-state index < -0.39 is 6.10 Å². The molecule has 1 unspecified atom stereocenters. The van der Waals surface area contributed by atoms with E-state index in [1.54, 1.807) is 0 Å². The van der Waals surface area contributed by atoms with Crippen LogP contribution in [0.4, 0.5) is 0 Å². The highest BCUT2D eigenvalue weighted by Gasteiger charge is 2.08. The number of aliphatic hydroxyl groups excluding tert-OH is 1. The van der Waals surface area contributed by atoms with E-state index in [9.17, 15) is 9.90 Å². The second-order valence-electron chi connectivity index (χ2n) is 4.50. The first-order valence-electron chi connectivity index (χ1n) is 6.81. The highest BCUT2D eigenvalue weighted by molar-refractivity contribution is 7.99. The molecule has 2 N–H and O–H groups in total. The second kappa shape index (κ2) is 9.87. The fourth-order valence-electron chi connectivity index (χ4n) is 1.69. The molecule has 4 heteroatoms. The van der Waals surface area contributed by atoms with Gasteiger partial charge >= 0.3 is 0 Å². The number of thioether (sulfide) groups is 1. The summed E-state index contributed by atoms with van der Waals surface area (Å²) in [6.07, 6.45) is 2.85. The number of amides is 1. The smallest absolute Gasteiger partial charge is 0.229 e. The van der Waals surface area contributed by atoms with Crippen molar-refractivity contribution in [3.05, 3.63) is 35.9 Å². The molecule has 0 aliphatic heterocycles. The maximum absolute atomic E-state index is 11.5. The quantitative estimate of drug-likeness (QED) is 0.684. The molecule has 0 saturated heterocycles. The molecule has 0 saturated carbocycles. The van der Waals surface area contributed by atoms with Gasteiger partial charge in [0.2, 0.25) is 5.91 Å². The van der Waals surface area contributed by atoms with Crippen molar-refractivity contribution < 1.29 is 9.90 Å². The van der Waals surface area contributed by atoms with Gasteiger partial charge < -0.3 is 10.4 Å². The van der Waals surface area contributed by atoms with Crippen LogP contribution >= 0.6 is 11.8 Å². The molecule has 1 rings (SSSR count). The molecule has 0 aliphatic carbocycles. The van der Waals surface area contributed by atoms with Crippen molar-refractivity contribution in [2.45, 2.75) is 32.3 Å². The maximum Gasteiger partial charge on any atom is 0.229 e. The number of nitrogens with one attached hydrogen (secondary N) is 1. The molecule has 1 aromatic carbocycles. The molecule has 1 amide bonds. The minimum atomic E-state index is -0.501. The zero-order valence-corrected chi connectivity index (χ0v) is 12.3. The number of rotatable bonds is 9. The van der Waals surface area contributed by atoms with Gasteiger partial charge in [0.05, 0.1) is 11.9 Å². The van der Waals surface area contributed by atoms with Gasteiger partial charge in [-0.1, -0.05) is 50.1 Å². The Morgan fingerprint density at radius 1 is 1.32 bits per heavy atom. The highest BCUT2D eigenvalue weighted by Crippen LogP contribution is 2.17. The van der Waals surface area contributed by atoms with Crippen molar-refractivity contribution in [3.63, 3.8) is 0 Å². The lowest BCUT2D eigenvalue weighted by molar-refractivity contribution is -0.118. The van der Waals surface area contributed by atoms with E-state index in [1.807, 2.05) is 30.3 Å². The van der Waals surface area contributed by atoms with Crippen molar-refractivity contribution >= 4 is 17.7 Å². The molecule has 0 spiro atoms. The number of benzene rings is 1. The summed E-state index contributed by atoms with van der Waals surface area (Å²) < 4.78 is 0. The van der Waals surface area contributed by atoms with Crippen LogP contribution in [0.1, 0.15) is 37.9 Å². The summed E-state index contributed by atoms with van der Waals surface area (Å²) in [6, 6.07) is 9.53. The van der Waals surface area contributed by atoms with Crippen molar-refractivity contribution in [1.29, 1.82) is 0 Å². The van der Waals surface area contributed by atoms with E-state index in [0.29, 0.717) is 11.5 Å². The molecular formula is C15H23NO2S. The van der Waals surface area contributed by atoms with Crippen LogP contribution in [0.3, 0.4) is 0 Å². The topological polar surface area (TPSA) is 49.3 Å². The number of aliphatic hydroxyl groups is 1. The number of hydrogen-bond acceptors (Lipinski definition) is 3. The van der Waals surface area contributed by atoms with E-state index in [0.717, 1.165) is 31.4 Å². The van der Waals surface area contributed by atoms with E-state index in [2.05, 4.69) is 12.2 Å². The number of carbonyl (C=O) groups is 1. The number of hydrogen-bond donors (Lipinski definition) is 2. The third kappa shape index (κ3) is 7.23. The van der Waals surface area contributed by atoms with Gasteiger partial charge in [-0.25, -0.2) is 0 Å². The molecule has 0 radical (unpaired) electrons. The summed E-state index contributed by atoms with van der Waals surface area (Å²) in [7, 11) is 0. The molecule has 0 fully saturated rings. The largest absolute Gasteiger partial charge is 0.388 e. The van der Waals surface area contributed by atoms with Crippen LogP contribution in [-0.4, -0.2) is 29.1 Å². The summed E-state index contributed by atoms with van der Waals surface area (Å²) in [5, 5.41) is 12.8. The van der Waals surface area contributed by atoms with Crippen LogP contribution in [0.15, 0.2) is 30.3 Å². The molecule has 0 heterocycles. The van der Waals surface area contributed by atoms with Crippen LogP contribution in [0.5, 0.6) is 0 Å². The lowest BCUT2D eigenvalue weighted by Gasteiger charge is -2.10. The Kier molecular flexibility index (Phi) is 8.34. The number of carbonyl (C=O) groups excluding carboxylic acids is 1. The third-order valence-electron chi connectivity index (χ3n) is 2.80. The minimum absolute atomic E-state index is 0.0568. The molecule has 0 aliphatic rings. The average molecular weight is 281 g/mol. The van der Waals surface area contributed by atoms with Crippen LogP contribution in [0, 0.1) is 0 Å². The fraction of sp³-hybridized carbons (Fsp3) is 0.533. The molecule has 106 valence electrons. The van der Waals surface area contributed by atoms with Crippen molar-refractivity contribution in [2.75, 3.05) is 18.1 Å². The SMILES string of the molecule is CCCCCNC(=O)CSCC(O)c1ccccc1. The minimum Gasteiger partial charge on any atom is -0.388 e. The molecule has 19 heavy (non-hydrogen) atoms. The first-order chi connectivity index (χ1) is 9.24. The summed E-state index contributed by atoms with van der Waals surface area (Å²) >= 11 is 1.47. The van der Waals surface area contributed by atoms with Gasteiger partial charge in [-0.15, -0.1) is 11.8 Å². The van der Waals surface area contributed by atoms with Gasteiger partial charge in [0.1, 0.15) is 0 Å². The summed E-state index contributed by atoms with van der Waals surface area (Å²) in [5.74, 6) is 1.02. The summed E-state index contributed by atoms with van der Waals surface area (Å²) in [6.45, 7) is 2.90. The highest BCUT2D eigenvalue weighted by atomic mass is 32.2. The Morgan fingerprint density at radius 2 is 2.05 bits per heavy atom. The predicted octanol–water partition coefficient (Wildman–Crippen LogP) is 2.76. The van der Waals surface area contributed by atoms with Crippen molar-refractivity contribution in [2.24, 2.45) is 0 Å². The Morgan fingerprint density at radius 3 is 2.74 bits per heavy atom. The molecule has 0 bridgehead atoms. The van der Waals surface area contributed by atoms with Gasteiger partial charge in [0, 0.05) is 12.3 Å². The van der Waals surface area contributed by atoms with Gasteiger partial charge in [0.25, 0.3) is 0 Å². The van der Waals surface area contributed by atoms with E-state index in [1.165, 1.54) is 11.8 Å².